The van der Waals surface area contributed by atoms with Crippen molar-refractivity contribution in [2.24, 2.45) is 11.7 Å². The largest absolute Gasteiger partial charge is 0.328 e. The third kappa shape index (κ3) is 4.04. The Bertz CT molecular complexity index is 632. The maximum atomic E-state index is 12.3. The zero-order valence-corrected chi connectivity index (χ0v) is 13.2. The third-order valence-corrected chi connectivity index (χ3v) is 5.15. The number of anilines is 1. The van der Waals surface area contributed by atoms with E-state index >= 15 is 0 Å². The van der Waals surface area contributed by atoms with Gasteiger partial charge in [-0.1, -0.05) is 6.07 Å². The Morgan fingerprint density at radius 1 is 1.24 bits per heavy atom. The van der Waals surface area contributed by atoms with Gasteiger partial charge in [0, 0.05) is 23.9 Å². The lowest BCUT2D eigenvalue weighted by Gasteiger charge is -2.25. The van der Waals surface area contributed by atoms with Crippen LogP contribution >= 0.6 is 0 Å². The molecule has 1 aliphatic carbocycles. The van der Waals surface area contributed by atoms with Crippen LogP contribution in [0.3, 0.4) is 0 Å². The fourth-order valence-corrected chi connectivity index (χ4v) is 3.23. The van der Waals surface area contributed by atoms with Crippen molar-refractivity contribution in [1.29, 1.82) is 0 Å². The highest BCUT2D eigenvalue weighted by molar-refractivity contribution is 7.90. The normalized spacial score (nSPS) is 22.8. The van der Waals surface area contributed by atoms with Gasteiger partial charge in [0.05, 0.1) is 4.90 Å². The number of aryl methyl sites for hydroxylation is 1. The molecule has 0 aromatic heterocycles. The van der Waals surface area contributed by atoms with Crippen LogP contribution in [0, 0.1) is 12.8 Å². The van der Waals surface area contributed by atoms with E-state index in [9.17, 15) is 13.2 Å². The lowest BCUT2D eigenvalue weighted by Crippen LogP contribution is -2.32. The maximum Gasteiger partial charge on any atom is 0.227 e. The van der Waals surface area contributed by atoms with Gasteiger partial charge in [-0.2, -0.15) is 0 Å². The SMILES string of the molecule is Cc1ccc(S(C)(=O)=O)cc1NC(=O)C1CCC(N)CC1. The van der Waals surface area contributed by atoms with Crippen LogP contribution in [0.4, 0.5) is 5.69 Å². The maximum absolute atomic E-state index is 12.3. The molecule has 1 fully saturated rings. The van der Waals surface area contributed by atoms with Crippen molar-refractivity contribution in [3.63, 3.8) is 0 Å². The topological polar surface area (TPSA) is 89.3 Å². The number of hydrogen-bond acceptors (Lipinski definition) is 4. The molecule has 0 aliphatic heterocycles. The summed E-state index contributed by atoms with van der Waals surface area (Å²) in [5, 5.41) is 2.86. The van der Waals surface area contributed by atoms with Crippen LogP contribution in [0.15, 0.2) is 23.1 Å². The minimum absolute atomic E-state index is 0.0360. The number of amides is 1. The van der Waals surface area contributed by atoms with E-state index in [1.165, 1.54) is 6.07 Å². The summed E-state index contributed by atoms with van der Waals surface area (Å²) in [5.41, 5.74) is 7.26. The first kappa shape index (κ1) is 16.0. The Morgan fingerprint density at radius 2 is 1.86 bits per heavy atom. The number of nitrogens with one attached hydrogen (secondary N) is 1. The van der Waals surface area contributed by atoms with Crippen LogP contribution < -0.4 is 11.1 Å². The van der Waals surface area contributed by atoms with Crippen LogP contribution in [-0.4, -0.2) is 26.6 Å². The molecule has 1 aromatic rings. The number of hydrogen-bond donors (Lipinski definition) is 2. The van der Waals surface area contributed by atoms with Gasteiger partial charge in [-0.15, -0.1) is 0 Å². The van der Waals surface area contributed by atoms with Crippen LogP contribution in [0.1, 0.15) is 31.2 Å². The molecule has 21 heavy (non-hydrogen) atoms. The predicted molar refractivity (Wildman–Crippen MR) is 82.9 cm³/mol. The van der Waals surface area contributed by atoms with E-state index in [4.69, 9.17) is 5.73 Å². The van der Waals surface area contributed by atoms with Crippen molar-refractivity contribution in [3.05, 3.63) is 23.8 Å². The first-order valence-corrected chi connectivity index (χ1v) is 9.03. The summed E-state index contributed by atoms with van der Waals surface area (Å²) in [6.45, 7) is 1.85. The van der Waals surface area contributed by atoms with Gasteiger partial charge in [-0.3, -0.25) is 4.79 Å². The molecule has 0 heterocycles. The van der Waals surface area contributed by atoms with Crippen molar-refractivity contribution in [3.8, 4) is 0 Å². The number of carbonyl (C=O) groups excluding carboxylic acids is 1. The standard InChI is InChI=1S/C15H22N2O3S/c1-10-3-8-13(21(2,19)20)9-14(10)17-15(18)11-4-6-12(16)7-5-11/h3,8-9,11-12H,4-7,16H2,1-2H3,(H,17,18). The minimum Gasteiger partial charge on any atom is -0.328 e. The van der Waals surface area contributed by atoms with Crippen LogP contribution in [0.25, 0.3) is 0 Å². The van der Waals surface area contributed by atoms with Crippen molar-refractivity contribution >= 4 is 21.4 Å². The van der Waals surface area contributed by atoms with Gasteiger partial charge in [0.1, 0.15) is 0 Å². The summed E-state index contributed by atoms with van der Waals surface area (Å²) in [4.78, 5) is 12.5. The molecule has 1 saturated carbocycles. The summed E-state index contributed by atoms with van der Waals surface area (Å²) >= 11 is 0. The van der Waals surface area contributed by atoms with Crippen LogP contribution in [-0.2, 0) is 14.6 Å². The number of rotatable bonds is 3. The molecule has 116 valence electrons. The Morgan fingerprint density at radius 3 is 2.43 bits per heavy atom. The van der Waals surface area contributed by atoms with E-state index in [1.807, 2.05) is 6.92 Å². The quantitative estimate of drug-likeness (QED) is 0.891. The third-order valence-electron chi connectivity index (χ3n) is 4.04. The number of sulfone groups is 1. The van der Waals surface area contributed by atoms with E-state index in [0.717, 1.165) is 37.5 Å². The van der Waals surface area contributed by atoms with E-state index < -0.39 is 9.84 Å². The molecule has 2 rings (SSSR count). The molecule has 0 unspecified atom stereocenters. The Balaban J connectivity index is 2.14. The number of benzene rings is 1. The second-order valence-electron chi connectivity index (χ2n) is 5.85. The van der Waals surface area contributed by atoms with Gasteiger partial charge in [0.2, 0.25) is 5.91 Å². The molecule has 0 atom stereocenters. The van der Waals surface area contributed by atoms with E-state index in [0.29, 0.717) is 5.69 Å². The molecule has 6 heteroatoms. The second-order valence-corrected chi connectivity index (χ2v) is 7.87. The predicted octanol–water partition coefficient (Wildman–Crippen LogP) is 1.85. The molecule has 0 spiro atoms. The van der Waals surface area contributed by atoms with Gasteiger partial charge in [-0.25, -0.2) is 8.42 Å². The molecule has 0 radical (unpaired) electrons. The number of nitrogens with two attached hydrogens (primary N) is 1. The lowest BCUT2D eigenvalue weighted by atomic mass is 9.86. The van der Waals surface area contributed by atoms with Crippen LogP contribution in [0.2, 0.25) is 0 Å². The minimum atomic E-state index is -3.28. The van der Waals surface area contributed by atoms with Gasteiger partial charge < -0.3 is 11.1 Å². The molecule has 1 aromatic carbocycles. The summed E-state index contributed by atoms with van der Waals surface area (Å²) in [7, 11) is -3.28. The molecule has 3 N–H and O–H groups in total. The van der Waals surface area contributed by atoms with Crippen molar-refractivity contribution in [2.45, 2.75) is 43.5 Å². The molecular formula is C15H22N2O3S. The van der Waals surface area contributed by atoms with Gasteiger partial charge in [-0.05, 0) is 50.3 Å². The zero-order chi connectivity index (χ0) is 15.6. The fourth-order valence-electron chi connectivity index (χ4n) is 2.58. The number of carbonyl (C=O) groups is 1. The van der Waals surface area contributed by atoms with Gasteiger partial charge >= 0.3 is 0 Å². The lowest BCUT2D eigenvalue weighted by molar-refractivity contribution is -0.120. The first-order chi connectivity index (χ1) is 9.77. The van der Waals surface area contributed by atoms with E-state index in [1.54, 1.807) is 12.1 Å². The van der Waals surface area contributed by atoms with Crippen molar-refractivity contribution in [2.75, 3.05) is 11.6 Å². The average molecular weight is 310 g/mol. The van der Waals surface area contributed by atoms with Gasteiger partial charge in [0.15, 0.2) is 9.84 Å². The summed E-state index contributed by atoms with van der Waals surface area (Å²) in [6.07, 6.45) is 4.46. The summed E-state index contributed by atoms with van der Waals surface area (Å²) < 4.78 is 23.2. The highest BCUT2D eigenvalue weighted by Gasteiger charge is 2.25. The molecule has 1 amide bonds. The van der Waals surface area contributed by atoms with Gasteiger partial charge in [0.25, 0.3) is 0 Å². The Kier molecular flexibility index (Phi) is 4.68. The highest BCUT2D eigenvalue weighted by Crippen LogP contribution is 2.26. The summed E-state index contributed by atoms with van der Waals surface area (Å²) in [5.74, 6) is -0.0817. The van der Waals surface area contributed by atoms with Crippen molar-refractivity contribution < 1.29 is 13.2 Å². The average Bonchev–Trinajstić information content (AvgIpc) is 2.40. The molecule has 5 nitrogen and oxygen atoms in total. The molecule has 0 bridgehead atoms. The molecular weight excluding hydrogens is 288 g/mol. The smallest absolute Gasteiger partial charge is 0.227 e. The molecule has 0 saturated heterocycles. The molecule has 1 aliphatic rings. The van der Waals surface area contributed by atoms with E-state index in [-0.39, 0.29) is 22.8 Å². The highest BCUT2D eigenvalue weighted by atomic mass is 32.2. The Hall–Kier alpha value is -1.40. The first-order valence-electron chi connectivity index (χ1n) is 7.14. The summed E-state index contributed by atoms with van der Waals surface area (Å²) in [6, 6.07) is 4.99. The fraction of sp³-hybridized carbons (Fsp3) is 0.533. The second kappa shape index (κ2) is 6.15. The van der Waals surface area contributed by atoms with Crippen molar-refractivity contribution in [1.82, 2.24) is 0 Å². The van der Waals surface area contributed by atoms with Crippen LogP contribution in [0.5, 0.6) is 0 Å². The monoisotopic (exact) mass is 310 g/mol. The Labute approximate surface area is 125 Å². The zero-order valence-electron chi connectivity index (χ0n) is 12.4. The van der Waals surface area contributed by atoms with E-state index in [2.05, 4.69) is 5.32 Å².